The lowest BCUT2D eigenvalue weighted by atomic mass is 9.68. The van der Waals surface area contributed by atoms with Crippen molar-refractivity contribution in [2.45, 2.75) is 50.7 Å². The molecular formula is C23H28N2O4. The van der Waals surface area contributed by atoms with Crippen molar-refractivity contribution < 1.29 is 19.1 Å². The molecule has 4 atom stereocenters. The number of fused-ring (bicyclic) bond motifs is 4. The number of hydrogen-bond acceptors (Lipinski definition) is 5. The van der Waals surface area contributed by atoms with E-state index >= 15 is 0 Å². The Morgan fingerprint density at radius 3 is 2.72 bits per heavy atom. The molecule has 0 saturated carbocycles. The third kappa shape index (κ3) is 3.10. The largest absolute Gasteiger partial charge is 0.454 e. The van der Waals surface area contributed by atoms with Gasteiger partial charge < -0.3 is 10.1 Å². The summed E-state index contributed by atoms with van der Waals surface area (Å²) >= 11 is 0. The highest BCUT2D eigenvalue weighted by molar-refractivity contribution is 6.34. The molecular weight excluding hydrogens is 368 g/mol. The first-order valence-electron chi connectivity index (χ1n) is 10.2. The van der Waals surface area contributed by atoms with Crippen molar-refractivity contribution in [3.05, 3.63) is 42.5 Å². The van der Waals surface area contributed by atoms with Crippen LogP contribution >= 0.6 is 0 Å². The number of nitrogens with one attached hydrogen (secondary N) is 1. The summed E-state index contributed by atoms with van der Waals surface area (Å²) in [5, 5.41) is 3.02. The van der Waals surface area contributed by atoms with E-state index in [1.165, 1.54) is 0 Å². The second kappa shape index (κ2) is 6.80. The average molecular weight is 396 g/mol. The molecule has 0 radical (unpaired) electrons. The number of ketones is 1. The number of anilines is 1. The molecule has 6 nitrogen and oxygen atoms in total. The quantitative estimate of drug-likeness (QED) is 0.483. The molecule has 1 spiro atoms. The summed E-state index contributed by atoms with van der Waals surface area (Å²) < 4.78 is 5.34. The number of hydrogen-bond donors (Lipinski definition) is 1. The van der Waals surface area contributed by atoms with Crippen molar-refractivity contribution >= 4 is 23.3 Å². The van der Waals surface area contributed by atoms with Gasteiger partial charge in [-0.1, -0.05) is 24.3 Å². The van der Waals surface area contributed by atoms with Crippen LogP contribution in [0.3, 0.4) is 0 Å². The summed E-state index contributed by atoms with van der Waals surface area (Å²) in [5.41, 5.74) is 0.448. The Labute approximate surface area is 171 Å². The molecule has 1 N–H and O–H groups in total. The lowest BCUT2D eigenvalue weighted by Crippen LogP contribution is -2.55. The zero-order chi connectivity index (χ0) is 21.0. The van der Waals surface area contributed by atoms with E-state index in [0.29, 0.717) is 19.4 Å². The first kappa shape index (κ1) is 19.8. The Hall–Kier alpha value is -2.47. The second-order valence-electron chi connectivity index (χ2n) is 9.34. The molecule has 0 bridgehead atoms. The van der Waals surface area contributed by atoms with Crippen LogP contribution in [0.1, 0.15) is 39.2 Å². The van der Waals surface area contributed by atoms with Crippen LogP contribution in [0.4, 0.5) is 5.69 Å². The van der Waals surface area contributed by atoms with Crippen LogP contribution in [0.5, 0.6) is 0 Å². The molecule has 1 aromatic carbocycles. The third-order valence-corrected chi connectivity index (χ3v) is 6.54. The molecule has 0 aliphatic carbocycles. The van der Waals surface area contributed by atoms with Crippen molar-refractivity contribution in [1.29, 1.82) is 0 Å². The molecule has 4 rings (SSSR count). The van der Waals surface area contributed by atoms with Gasteiger partial charge in [0.05, 0.1) is 5.41 Å². The predicted octanol–water partition coefficient (Wildman–Crippen LogP) is 2.68. The fourth-order valence-electron chi connectivity index (χ4n) is 5.27. The molecule has 3 aliphatic heterocycles. The number of para-hydroxylation sites is 1. The van der Waals surface area contributed by atoms with Crippen molar-refractivity contribution in [2.24, 2.45) is 11.8 Å². The molecule has 29 heavy (non-hydrogen) atoms. The predicted molar refractivity (Wildman–Crippen MR) is 109 cm³/mol. The van der Waals surface area contributed by atoms with E-state index in [2.05, 4.69) is 16.8 Å². The molecule has 1 amide bonds. The summed E-state index contributed by atoms with van der Waals surface area (Å²) in [6, 6.07) is 7.65. The number of ether oxygens (including phenoxy) is 1. The standard InChI is InChI=1S/C23H28N2O4/c1-5-14-13-25-11-10-23(16-8-6-7-9-17(16)24-21(23)28)18(25)12-15(14)19(26)20(27)29-22(2,3)4/h5-9,14-15,18H,1,10-13H2,2-4H3,(H,24,28)/t14-,15+,18+,23-/m1/s1. The summed E-state index contributed by atoms with van der Waals surface area (Å²) in [6.07, 6.45) is 2.91. The number of benzene rings is 1. The highest BCUT2D eigenvalue weighted by Crippen LogP contribution is 2.52. The van der Waals surface area contributed by atoms with Crippen LogP contribution < -0.4 is 5.32 Å². The molecule has 0 aromatic heterocycles. The zero-order valence-corrected chi connectivity index (χ0v) is 17.2. The first-order chi connectivity index (χ1) is 13.7. The van der Waals surface area contributed by atoms with Gasteiger partial charge >= 0.3 is 5.97 Å². The summed E-state index contributed by atoms with van der Waals surface area (Å²) in [4.78, 5) is 40.9. The molecule has 2 saturated heterocycles. The van der Waals surface area contributed by atoms with E-state index in [4.69, 9.17) is 4.74 Å². The summed E-state index contributed by atoms with van der Waals surface area (Å²) in [7, 11) is 0. The van der Waals surface area contributed by atoms with Gasteiger partial charge in [-0.2, -0.15) is 0 Å². The fourth-order valence-corrected chi connectivity index (χ4v) is 5.27. The molecule has 3 heterocycles. The highest BCUT2D eigenvalue weighted by atomic mass is 16.6. The number of nitrogens with zero attached hydrogens (tertiary/aromatic N) is 1. The van der Waals surface area contributed by atoms with Crippen molar-refractivity contribution in [3.63, 3.8) is 0 Å². The Kier molecular flexibility index (Phi) is 4.65. The number of carbonyl (C=O) groups excluding carboxylic acids is 3. The smallest absolute Gasteiger partial charge is 0.375 e. The van der Waals surface area contributed by atoms with Gasteiger partial charge in [-0.25, -0.2) is 4.79 Å². The lowest BCUT2D eigenvalue weighted by Gasteiger charge is -2.43. The summed E-state index contributed by atoms with van der Waals surface area (Å²) in [5.74, 6) is -1.99. The number of esters is 1. The van der Waals surface area contributed by atoms with Gasteiger partial charge in [0.15, 0.2) is 0 Å². The minimum atomic E-state index is -0.800. The minimum absolute atomic E-state index is 0.00767. The van der Waals surface area contributed by atoms with Crippen LogP contribution in [0.25, 0.3) is 0 Å². The maximum absolute atomic E-state index is 13.1. The Morgan fingerprint density at radius 1 is 1.31 bits per heavy atom. The topological polar surface area (TPSA) is 75.7 Å². The van der Waals surface area contributed by atoms with E-state index in [-0.39, 0.29) is 17.9 Å². The molecule has 1 aromatic rings. The minimum Gasteiger partial charge on any atom is -0.454 e. The van der Waals surface area contributed by atoms with Gasteiger partial charge in [-0.3, -0.25) is 14.5 Å². The SMILES string of the molecule is C=C[C@@H]1CN2CC[C@]3(C(=O)Nc4ccccc43)[C@@H]2C[C@@H]1C(=O)C(=O)OC(C)(C)C. The van der Waals surface area contributed by atoms with E-state index in [1.807, 2.05) is 24.3 Å². The maximum atomic E-state index is 13.1. The molecule has 3 aliphatic rings. The van der Waals surface area contributed by atoms with Crippen molar-refractivity contribution in [2.75, 3.05) is 18.4 Å². The van der Waals surface area contributed by atoms with Crippen molar-refractivity contribution in [1.82, 2.24) is 4.90 Å². The number of amides is 1. The monoisotopic (exact) mass is 396 g/mol. The Morgan fingerprint density at radius 2 is 2.03 bits per heavy atom. The molecule has 154 valence electrons. The van der Waals surface area contributed by atoms with E-state index in [9.17, 15) is 14.4 Å². The Balaban J connectivity index is 1.66. The van der Waals surface area contributed by atoms with Gasteiger partial charge in [0.1, 0.15) is 5.60 Å². The molecule has 2 fully saturated rings. The van der Waals surface area contributed by atoms with Crippen molar-refractivity contribution in [3.8, 4) is 0 Å². The average Bonchev–Trinajstić information content (AvgIpc) is 3.18. The molecule has 0 unspecified atom stereocenters. The van der Waals surface area contributed by atoms with Crippen LogP contribution in [-0.4, -0.2) is 47.3 Å². The van der Waals surface area contributed by atoms with Crippen LogP contribution in [0.15, 0.2) is 36.9 Å². The lowest BCUT2D eigenvalue weighted by molar-refractivity contribution is -0.165. The van der Waals surface area contributed by atoms with Crippen LogP contribution in [0, 0.1) is 11.8 Å². The van der Waals surface area contributed by atoms with Crippen LogP contribution in [-0.2, 0) is 24.5 Å². The van der Waals surface area contributed by atoms with Gasteiger partial charge in [-0.05, 0) is 57.7 Å². The number of carbonyl (C=O) groups is 3. The first-order valence-corrected chi connectivity index (χ1v) is 10.2. The van der Waals surface area contributed by atoms with Gasteiger partial charge in [0, 0.05) is 24.2 Å². The van der Waals surface area contributed by atoms with E-state index < -0.39 is 28.7 Å². The van der Waals surface area contributed by atoms with Gasteiger partial charge in [-0.15, -0.1) is 6.58 Å². The normalized spacial score (nSPS) is 31.1. The van der Waals surface area contributed by atoms with Crippen LogP contribution in [0.2, 0.25) is 0 Å². The zero-order valence-electron chi connectivity index (χ0n) is 17.2. The molecule has 6 heteroatoms. The fraction of sp³-hybridized carbons (Fsp3) is 0.522. The number of Topliss-reactive ketones (excluding diaryl/α,β-unsaturated/α-hetero) is 1. The van der Waals surface area contributed by atoms with E-state index in [1.54, 1.807) is 26.8 Å². The number of piperidine rings is 1. The maximum Gasteiger partial charge on any atom is 0.375 e. The second-order valence-corrected chi connectivity index (χ2v) is 9.34. The highest BCUT2D eigenvalue weighted by Gasteiger charge is 2.60. The Bertz CT molecular complexity index is 887. The van der Waals surface area contributed by atoms with Gasteiger partial charge in [0.2, 0.25) is 11.7 Å². The third-order valence-electron chi connectivity index (χ3n) is 6.54. The van der Waals surface area contributed by atoms with Gasteiger partial charge in [0.25, 0.3) is 0 Å². The summed E-state index contributed by atoms with van der Waals surface area (Å²) in [6.45, 7) is 10.5. The van der Waals surface area contributed by atoms with E-state index in [0.717, 1.165) is 17.8 Å². The number of rotatable bonds is 3.